The Morgan fingerprint density at radius 1 is 1.42 bits per heavy atom. The summed E-state index contributed by atoms with van der Waals surface area (Å²) in [5.74, 6) is 0.870. The van der Waals surface area contributed by atoms with Gasteiger partial charge in [0.15, 0.2) is 0 Å². The minimum Gasteiger partial charge on any atom is -0.299 e. The normalized spacial score (nSPS) is 36.4. The van der Waals surface area contributed by atoms with Gasteiger partial charge in [0.2, 0.25) is 0 Å². The van der Waals surface area contributed by atoms with Crippen molar-refractivity contribution in [1.29, 1.82) is 0 Å². The van der Waals surface area contributed by atoms with Gasteiger partial charge in [0.05, 0.1) is 0 Å². The highest BCUT2D eigenvalue weighted by Gasteiger charge is 2.46. The molecule has 1 saturated carbocycles. The summed E-state index contributed by atoms with van der Waals surface area (Å²) in [7, 11) is 0. The number of ketones is 1. The first-order valence-corrected chi connectivity index (χ1v) is 4.78. The summed E-state index contributed by atoms with van der Waals surface area (Å²) in [4.78, 5) is 13.8. The maximum absolute atomic E-state index is 11.3. The first kappa shape index (κ1) is 8.24. The highest BCUT2D eigenvalue weighted by atomic mass is 16.1. The molecular formula is C10H17NO. The van der Waals surface area contributed by atoms with Crippen LogP contribution in [-0.2, 0) is 4.79 Å². The minimum absolute atomic E-state index is 0.250. The highest BCUT2D eigenvalue weighted by molar-refractivity contribution is 5.85. The molecule has 12 heavy (non-hydrogen) atoms. The van der Waals surface area contributed by atoms with E-state index in [0.717, 1.165) is 19.4 Å². The molecule has 2 rings (SSSR count). The second-order valence-corrected chi connectivity index (χ2v) is 5.08. The van der Waals surface area contributed by atoms with Crippen molar-refractivity contribution >= 4 is 5.78 Å². The lowest BCUT2D eigenvalue weighted by Gasteiger charge is -2.38. The Bertz CT molecular complexity index is 216. The van der Waals surface area contributed by atoms with E-state index in [1.54, 1.807) is 0 Å². The summed E-state index contributed by atoms with van der Waals surface area (Å²) >= 11 is 0. The zero-order valence-corrected chi connectivity index (χ0v) is 8.13. The minimum atomic E-state index is 0.250. The molecule has 0 N–H and O–H groups in total. The van der Waals surface area contributed by atoms with Crippen molar-refractivity contribution in [2.24, 2.45) is 5.92 Å². The molecule has 0 aromatic rings. The lowest BCUT2D eigenvalue weighted by atomic mass is 10.0. The number of rotatable bonds is 0. The predicted octanol–water partition coefficient (Wildman–Crippen LogP) is 1.45. The van der Waals surface area contributed by atoms with Crippen LogP contribution in [0.5, 0.6) is 0 Å². The summed E-state index contributed by atoms with van der Waals surface area (Å²) < 4.78 is 0. The van der Waals surface area contributed by atoms with Crippen LogP contribution in [-0.4, -0.2) is 28.8 Å². The Hall–Kier alpha value is -0.370. The fourth-order valence-corrected chi connectivity index (χ4v) is 2.56. The Kier molecular flexibility index (Phi) is 1.59. The zero-order chi connectivity index (χ0) is 8.93. The molecule has 1 aliphatic heterocycles. The van der Waals surface area contributed by atoms with Crippen molar-refractivity contribution in [3.8, 4) is 0 Å². The number of carbonyl (C=O) groups excluding carboxylic acids is 1. The summed E-state index contributed by atoms with van der Waals surface area (Å²) in [5, 5.41) is 0. The smallest absolute Gasteiger partial charge is 0.138 e. The monoisotopic (exact) mass is 167 g/mol. The van der Waals surface area contributed by atoms with Crippen LogP contribution in [0.2, 0.25) is 0 Å². The van der Waals surface area contributed by atoms with Crippen molar-refractivity contribution in [3.63, 3.8) is 0 Å². The van der Waals surface area contributed by atoms with Gasteiger partial charge in [-0.3, -0.25) is 9.69 Å². The van der Waals surface area contributed by atoms with E-state index in [4.69, 9.17) is 0 Å². The van der Waals surface area contributed by atoms with Crippen LogP contribution in [0.3, 0.4) is 0 Å². The largest absolute Gasteiger partial charge is 0.299 e. The summed E-state index contributed by atoms with van der Waals surface area (Å²) in [6.07, 6.45) is 1.93. The van der Waals surface area contributed by atoms with Gasteiger partial charge in [-0.1, -0.05) is 0 Å². The number of likely N-dealkylation sites (tertiary alicyclic amines) is 1. The number of carbonyl (C=O) groups is 1. The fourth-order valence-electron chi connectivity index (χ4n) is 2.56. The number of Topliss-reactive ketones (excluding diaryl/α,β-unsaturated/α-hetero) is 1. The first-order valence-electron chi connectivity index (χ1n) is 4.78. The Labute approximate surface area is 73.9 Å². The molecular weight excluding hydrogens is 150 g/mol. The average molecular weight is 167 g/mol. The highest BCUT2D eigenvalue weighted by Crippen LogP contribution is 2.38. The van der Waals surface area contributed by atoms with Crippen LogP contribution in [0, 0.1) is 5.92 Å². The third kappa shape index (κ3) is 1.09. The number of hydrogen-bond acceptors (Lipinski definition) is 2. The van der Waals surface area contributed by atoms with Crippen LogP contribution in [0.15, 0.2) is 0 Å². The fraction of sp³-hybridized carbons (Fsp3) is 0.900. The molecule has 1 heterocycles. The summed E-state index contributed by atoms with van der Waals surface area (Å²) in [6, 6.07) is 0.558. The SMILES string of the molecule is CC(C)(C)N1CC2CC1CC2=O. The molecule has 68 valence electrons. The van der Waals surface area contributed by atoms with E-state index in [9.17, 15) is 4.79 Å². The van der Waals surface area contributed by atoms with Gasteiger partial charge in [-0.25, -0.2) is 0 Å². The van der Waals surface area contributed by atoms with Crippen molar-refractivity contribution in [3.05, 3.63) is 0 Å². The molecule has 0 amide bonds. The van der Waals surface area contributed by atoms with E-state index >= 15 is 0 Å². The number of hydrogen-bond donors (Lipinski definition) is 0. The third-order valence-corrected chi connectivity index (χ3v) is 3.17. The Morgan fingerprint density at radius 2 is 2.08 bits per heavy atom. The maximum atomic E-state index is 11.3. The van der Waals surface area contributed by atoms with Gasteiger partial charge in [0, 0.05) is 30.5 Å². The predicted molar refractivity (Wildman–Crippen MR) is 48.0 cm³/mol. The molecule has 2 fully saturated rings. The van der Waals surface area contributed by atoms with Crippen molar-refractivity contribution in [2.45, 2.75) is 45.2 Å². The molecule has 2 atom stereocenters. The van der Waals surface area contributed by atoms with Gasteiger partial charge in [-0.15, -0.1) is 0 Å². The van der Waals surface area contributed by atoms with E-state index in [2.05, 4.69) is 25.7 Å². The Morgan fingerprint density at radius 3 is 2.42 bits per heavy atom. The topological polar surface area (TPSA) is 20.3 Å². The molecule has 0 aromatic heterocycles. The lowest BCUT2D eigenvalue weighted by molar-refractivity contribution is -0.123. The molecule has 2 unspecified atom stereocenters. The van der Waals surface area contributed by atoms with Crippen molar-refractivity contribution in [1.82, 2.24) is 4.90 Å². The molecule has 2 aliphatic rings. The molecule has 2 bridgehead atoms. The molecule has 1 aliphatic carbocycles. The van der Waals surface area contributed by atoms with Crippen LogP contribution in [0.25, 0.3) is 0 Å². The Balaban J connectivity index is 2.13. The van der Waals surface area contributed by atoms with Crippen molar-refractivity contribution in [2.75, 3.05) is 6.54 Å². The summed E-state index contributed by atoms with van der Waals surface area (Å²) in [5.41, 5.74) is 0.250. The van der Waals surface area contributed by atoms with E-state index < -0.39 is 0 Å². The number of piperidine rings is 1. The van der Waals surface area contributed by atoms with Gasteiger partial charge in [0.25, 0.3) is 0 Å². The second kappa shape index (κ2) is 2.32. The van der Waals surface area contributed by atoms with E-state index in [-0.39, 0.29) is 5.54 Å². The average Bonchev–Trinajstić information content (AvgIpc) is 2.41. The second-order valence-electron chi connectivity index (χ2n) is 5.08. The number of nitrogens with zero attached hydrogens (tertiary/aromatic N) is 1. The van der Waals surface area contributed by atoms with Crippen LogP contribution in [0.1, 0.15) is 33.6 Å². The van der Waals surface area contributed by atoms with Crippen molar-refractivity contribution < 1.29 is 4.79 Å². The maximum Gasteiger partial charge on any atom is 0.138 e. The third-order valence-electron chi connectivity index (χ3n) is 3.17. The molecule has 2 nitrogen and oxygen atoms in total. The molecule has 2 heteroatoms. The molecule has 0 aromatic carbocycles. The molecule has 0 radical (unpaired) electrons. The van der Waals surface area contributed by atoms with Crippen LogP contribution in [0.4, 0.5) is 0 Å². The number of fused-ring (bicyclic) bond motifs is 2. The molecule has 0 spiro atoms. The van der Waals surface area contributed by atoms with E-state index in [1.165, 1.54) is 0 Å². The summed E-state index contributed by atoms with van der Waals surface area (Å²) in [6.45, 7) is 7.71. The van der Waals surface area contributed by atoms with Crippen LogP contribution >= 0.6 is 0 Å². The van der Waals surface area contributed by atoms with Gasteiger partial charge >= 0.3 is 0 Å². The van der Waals surface area contributed by atoms with Gasteiger partial charge in [-0.2, -0.15) is 0 Å². The first-order chi connectivity index (χ1) is 5.48. The standard InChI is InChI=1S/C10H17NO/c1-10(2,3)11-6-7-4-8(11)5-9(7)12/h7-8H,4-6H2,1-3H3. The lowest BCUT2D eigenvalue weighted by Crippen LogP contribution is -2.47. The van der Waals surface area contributed by atoms with Gasteiger partial charge < -0.3 is 0 Å². The van der Waals surface area contributed by atoms with E-state index in [1.807, 2.05) is 0 Å². The quantitative estimate of drug-likeness (QED) is 0.544. The molecule has 1 saturated heterocycles. The van der Waals surface area contributed by atoms with Gasteiger partial charge in [0.1, 0.15) is 5.78 Å². The van der Waals surface area contributed by atoms with Gasteiger partial charge in [-0.05, 0) is 27.2 Å². The van der Waals surface area contributed by atoms with E-state index in [0.29, 0.717) is 17.7 Å². The van der Waals surface area contributed by atoms with Crippen LogP contribution < -0.4 is 0 Å². The zero-order valence-electron chi connectivity index (χ0n) is 8.13.